The molecule has 1 N–H and O–H groups in total. The fourth-order valence-electron chi connectivity index (χ4n) is 2.97. The smallest absolute Gasteiger partial charge is 0.224 e. The van der Waals surface area contributed by atoms with Gasteiger partial charge in [-0.25, -0.2) is 13.8 Å². The molecule has 1 aromatic carbocycles. The predicted octanol–water partition coefficient (Wildman–Crippen LogP) is 3.02. The van der Waals surface area contributed by atoms with Gasteiger partial charge in [0.1, 0.15) is 17.8 Å². The van der Waals surface area contributed by atoms with Crippen LogP contribution in [0.4, 0.5) is 14.6 Å². The summed E-state index contributed by atoms with van der Waals surface area (Å²) in [5, 5.41) is 2.82. The zero-order valence-electron chi connectivity index (χ0n) is 13.9. The fourth-order valence-corrected chi connectivity index (χ4v) is 2.97. The molecule has 1 fully saturated rings. The molecule has 1 aliphatic rings. The summed E-state index contributed by atoms with van der Waals surface area (Å²) >= 11 is 0. The number of hydrogen-bond donors (Lipinski definition) is 1. The number of alkyl halides is 1. The third-order valence-electron chi connectivity index (χ3n) is 4.24. The third kappa shape index (κ3) is 4.98. The number of nitrogens with one attached hydrogen (secondary N) is 1. The number of pyridine rings is 1. The third-order valence-corrected chi connectivity index (χ3v) is 4.24. The van der Waals surface area contributed by atoms with Crippen molar-refractivity contribution in [1.82, 2.24) is 10.3 Å². The molecule has 1 atom stereocenters. The van der Waals surface area contributed by atoms with E-state index in [2.05, 4.69) is 10.3 Å². The zero-order chi connectivity index (χ0) is 17.6. The van der Waals surface area contributed by atoms with Gasteiger partial charge in [0.05, 0.1) is 13.0 Å². The number of carbonyl (C=O) groups excluding carboxylic acids is 1. The maximum absolute atomic E-state index is 13.6. The number of aromatic nitrogens is 1. The molecule has 3 rings (SSSR count). The normalized spacial score (nSPS) is 17.4. The fraction of sp³-hybridized carbons (Fsp3) is 0.368. The molecule has 6 heteroatoms. The summed E-state index contributed by atoms with van der Waals surface area (Å²) in [6, 6.07) is 9.71. The minimum absolute atomic E-state index is 0.130. The topological polar surface area (TPSA) is 45.2 Å². The number of halogens is 2. The molecule has 1 saturated heterocycles. The number of rotatable bonds is 5. The van der Waals surface area contributed by atoms with Gasteiger partial charge < -0.3 is 10.2 Å². The van der Waals surface area contributed by atoms with Gasteiger partial charge in [-0.15, -0.1) is 0 Å². The Bertz CT molecular complexity index is 738. The highest BCUT2D eigenvalue weighted by Crippen LogP contribution is 2.20. The lowest BCUT2D eigenvalue weighted by molar-refractivity contribution is -0.120. The highest BCUT2D eigenvalue weighted by atomic mass is 19.1. The first-order valence-electron chi connectivity index (χ1n) is 8.45. The second-order valence-corrected chi connectivity index (χ2v) is 6.29. The monoisotopic (exact) mass is 345 g/mol. The Morgan fingerprint density at radius 1 is 1.28 bits per heavy atom. The van der Waals surface area contributed by atoms with Crippen LogP contribution in [0.1, 0.15) is 24.0 Å². The predicted molar refractivity (Wildman–Crippen MR) is 92.5 cm³/mol. The molecule has 0 bridgehead atoms. The number of nitrogens with zero attached hydrogens (tertiary/aromatic N) is 2. The number of benzene rings is 1. The van der Waals surface area contributed by atoms with Crippen molar-refractivity contribution in [3.8, 4) is 0 Å². The van der Waals surface area contributed by atoms with Crippen LogP contribution in [0.3, 0.4) is 0 Å². The molecule has 25 heavy (non-hydrogen) atoms. The summed E-state index contributed by atoms with van der Waals surface area (Å²) in [6.07, 6.45) is 2.41. The van der Waals surface area contributed by atoms with Crippen LogP contribution in [0.15, 0.2) is 42.6 Å². The zero-order valence-corrected chi connectivity index (χ0v) is 13.9. The van der Waals surface area contributed by atoms with E-state index in [1.54, 1.807) is 18.3 Å². The first-order valence-corrected chi connectivity index (χ1v) is 8.45. The number of hydrogen-bond acceptors (Lipinski definition) is 3. The van der Waals surface area contributed by atoms with E-state index in [1.165, 1.54) is 12.1 Å². The first-order chi connectivity index (χ1) is 12.1. The quantitative estimate of drug-likeness (QED) is 0.906. The van der Waals surface area contributed by atoms with Gasteiger partial charge in [0.15, 0.2) is 0 Å². The standard InChI is InChI=1S/C19H21F2N3O/c20-16-4-1-3-14(9-16)11-19(25)23-12-15-6-7-22-18(10-15)24-8-2-5-17(21)13-24/h1,3-4,6-7,9-10,17H,2,5,8,11-13H2,(H,23,25). The Kier molecular flexibility index (Phi) is 5.58. The van der Waals surface area contributed by atoms with Gasteiger partial charge in [-0.1, -0.05) is 12.1 Å². The minimum atomic E-state index is -0.815. The molecule has 1 aromatic heterocycles. The van der Waals surface area contributed by atoms with Crippen molar-refractivity contribution in [1.29, 1.82) is 0 Å². The van der Waals surface area contributed by atoms with Crippen molar-refractivity contribution in [2.75, 3.05) is 18.0 Å². The highest BCUT2D eigenvalue weighted by Gasteiger charge is 2.20. The molecule has 1 amide bonds. The van der Waals surface area contributed by atoms with Crippen LogP contribution in [0.2, 0.25) is 0 Å². The first kappa shape index (κ1) is 17.3. The molecule has 2 aromatic rings. The van der Waals surface area contributed by atoms with E-state index in [4.69, 9.17) is 0 Å². The van der Waals surface area contributed by atoms with Crippen molar-refractivity contribution >= 4 is 11.7 Å². The van der Waals surface area contributed by atoms with Crippen LogP contribution in [0.5, 0.6) is 0 Å². The second kappa shape index (κ2) is 8.05. The van der Waals surface area contributed by atoms with E-state index in [0.717, 1.165) is 24.3 Å². The maximum atomic E-state index is 13.6. The van der Waals surface area contributed by atoms with Gasteiger partial charge in [0.25, 0.3) is 0 Å². The average Bonchev–Trinajstić information content (AvgIpc) is 2.60. The average molecular weight is 345 g/mol. The highest BCUT2D eigenvalue weighted by molar-refractivity contribution is 5.78. The summed E-state index contributed by atoms with van der Waals surface area (Å²) in [4.78, 5) is 18.3. The SMILES string of the molecule is O=C(Cc1cccc(F)c1)NCc1ccnc(N2CCCC(F)C2)c1. The second-order valence-electron chi connectivity index (χ2n) is 6.29. The van der Waals surface area contributed by atoms with Gasteiger partial charge in [-0.3, -0.25) is 4.79 Å². The maximum Gasteiger partial charge on any atom is 0.224 e. The van der Waals surface area contributed by atoms with E-state index < -0.39 is 6.17 Å². The van der Waals surface area contributed by atoms with Crippen molar-refractivity contribution in [3.05, 3.63) is 59.5 Å². The lowest BCUT2D eigenvalue weighted by Crippen LogP contribution is -2.37. The van der Waals surface area contributed by atoms with Gasteiger partial charge in [0.2, 0.25) is 5.91 Å². The van der Waals surface area contributed by atoms with Crippen LogP contribution in [0, 0.1) is 5.82 Å². The molecule has 132 valence electrons. The Labute approximate surface area is 145 Å². The summed E-state index contributed by atoms with van der Waals surface area (Å²) in [5.74, 6) is 0.210. The van der Waals surface area contributed by atoms with Crippen molar-refractivity contribution in [2.24, 2.45) is 0 Å². The number of amides is 1. The molecule has 2 heterocycles. The molecule has 0 radical (unpaired) electrons. The molecular formula is C19H21F2N3O. The van der Waals surface area contributed by atoms with Crippen LogP contribution in [0.25, 0.3) is 0 Å². The van der Waals surface area contributed by atoms with Gasteiger partial charge in [0, 0.05) is 19.3 Å². The Morgan fingerprint density at radius 2 is 2.16 bits per heavy atom. The van der Waals surface area contributed by atoms with Crippen molar-refractivity contribution in [3.63, 3.8) is 0 Å². The van der Waals surface area contributed by atoms with Crippen LogP contribution in [-0.4, -0.2) is 30.2 Å². The van der Waals surface area contributed by atoms with Crippen LogP contribution in [-0.2, 0) is 17.8 Å². The lowest BCUT2D eigenvalue weighted by atomic mass is 10.1. The Morgan fingerprint density at radius 3 is 2.96 bits per heavy atom. The largest absolute Gasteiger partial charge is 0.354 e. The molecule has 0 saturated carbocycles. The van der Waals surface area contributed by atoms with E-state index in [-0.39, 0.29) is 18.1 Å². The van der Waals surface area contributed by atoms with Crippen molar-refractivity contribution < 1.29 is 13.6 Å². The van der Waals surface area contributed by atoms with Gasteiger partial charge in [-0.2, -0.15) is 0 Å². The van der Waals surface area contributed by atoms with E-state index in [1.807, 2.05) is 17.0 Å². The molecule has 1 aliphatic heterocycles. The van der Waals surface area contributed by atoms with Crippen LogP contribution < -0.4 is 10.2 Å². The summed E-state index contributed by atoms with van der Waals surface area (Å²) < 4.78 is 26.7. The summed E-state index contributed by atoms with van der Waals surface area (Å²) in [5.41, 5.74) is 1.54. The van der Waals surface area contributed by atoms with Crippen LogP contribution >= 0.6 is 0 Å². The van der Waals surface area contributed by atoms with Gasteiger partial charge >= 0.3 is 0 Å². The number of piperidine rings is 1. The van der Waals surface area contributed by atoms with Crippen molar-refractivity contribution in [2.45, 2.75) is 32.0 Å². The van der Waals surface area contributed by atoms with E-state index in [0.29, 0.717) is 25.1 Å². The number of anilines is 1. The molecule has 0 aliphatic carbocycles. The molecule has 1 unspecified atom stereocenters. The minimum Gasteiger partial charge on any atom is -0.354 e. The lowest BCUT2D eigenvalue weighted by Gasteiger charge is -2.30. The molecule has 0 spiro atoms. The van der Waals surface area contributed by atoms with E-state index >= 15 is 0 Å². The molecule has 4 nitrogen and oxygen atoms in total. The Hall–Kier alpha value is -2.50. The summed E-state index contributed by atoms with van der Waals surface area (Å²) in [6.45, 7) is 1.52. The number of carbonyl (C=O) groups is 1. The molecular weight excluding hydrogens is 324 g/mol. The Balaban J connectivity index is 1.56. The summed E-state index contributed by atoms with van der Waals surface area (Å²) in [7, 11) is 0. The van der Waals surface area contributed by atoms with Gasteiger partial charge in [-0.05, 0) is 48.2 Å². The van der Waals surface area contributed by atoms with E-state index in [9.17, 15) is 13.6 Å².